The zero-order chi connectivity index (χ0) is 21.3. The van der Waals surface area contributed by atoms with Crippen LogP contribution in [0.25, 0.3) is 0 Å². The topological polar surface area (TPSA) is 95.3 Å². The number of fused-ring (bicyclic) bond motifs is 1. The molecular formula is C21H23ClN6O2. The van der Waals surface area contributed by atoms with Gasteiger partial charge in [-0.25, -0.2) is 4.98 Å². The van der Waals surface area contributed by atoms with Crippen LogP contribution in [0, 0.1) is 6.92 Å². The lowest BCUT2D eigenvalue weighted by Gasteiger charge is -2.27. The van der Waals surface area contributed by atoms with Crippen molar-refractivity contribution in [2.75, 3.05) is 30.8 Å². The number of amides is 1. The van der Waals surface area contributed by atoms with E-state index in [9.17, 15) is 4.79 Å². The number of aliphatic hydroxyl groups excluding tert-OH is 1. The van der Waals surface area contributed by atoms with Crippen LogP contribution in [-0.4, -0.2) is 50.9 Å². The van der Waals surface area contributed by atoms with Gasteiger partial charge in [-0.05, 0) is 25.0 Å². The fourth-order valence-corrected chi connectivity index (χ4v) is 3.64. The van der Waals surface area contributed by atoms with Crippen molar-refractivity contribution in [1.82, 2.24) is 19.7 Å². The summed E-state index contributed by atoms with van der Waals surface area (Å²) in [4.78, 5) is 18.8. The summed E-state index contributed by atoms with van der Waals surface area (Å²) in [5.74, 6) is 0.580. The third-order valence-electron chi connectivity index (χ3n) is 5.09. The van der Waals surface area contributed by atoms with Crippen LogP contribution in [0.15, 0.2) is 36.7 Å². The summed E-state index contributed by atoms with van der Waals surface area (Å²) in [7, 11) is 1.81. The Morgan fingerprint density at radius 3 is 2.87 bits per heavy atom. The highest BCUT2D eigenvalue weighted by Crippen LogP contribution is 2.32. The fourth-order valence-electron chi connectivity index (χ4n) is 3.49. The van der Waals surface area contributed by atoms with Gasteiger partial charge in [0.1, 0.15) is 5.82 Å². The van der Waals surface area contributed by atoms with Gasteiger partial charge in [0.25, 0.3) is 5.91 Å². The Morgan fingerprint density at radius 2 is 2.07 bits per heavy atom. The molecule has 2 aromatic heterocycles. The maximum absolute atomic E-state index is 12.7. The second-order valence-electron chi connectivity index (χ2n) is 7.23. The van der Waals surface area contributed by atoms with Crippen molar-refractivity contribution < 1.29 is 9.90 Å². The van der Waals surface area contributed by atoms with Gasteiger partial charge in [0, 0.05) is 25.9 Å². The van der Waals surface area contributed by atoms with Gasteiger partial charge >= 0.3 is 0 Å². The smallest absolute Gasteiger partial charge is 0.255 e. The van der Waals surface area contributed by atoms with Crippen LogP contribution in [0.4, 0.5) is 22.9 Å². The molecule has 0 radical (unpaired) electrons. The molecule has 0 fully saturated rings. The Morgan fingerprint density at radius 1 is 1.23 bits per heavy atom. The lowest BCUT2D eigenvalue weighted by atomic mass is 9.97. The van der Waals surface area contributed by atoms with E-state index in [4.69, 9.17) is 16.7 Å². The zero-order valence-corrected chi connectivity index (χ0v) is 17.6. The quantitative estimate of drug-likeness (QED) is 0.559. The predicted molar refractivity (Wildman–Crippen MR) is 117 cm³/mol. The molecule has 0 saturated carbocycles. The van der Waals surface area contributed by atoms with Crippen molar-refractivity contribution in [2.24, 2.45) is 0 Å². The molecule has 4 rings (SSSR count). The SMILES string of the molecule is Cc1nn(CCO)cc1Nc1cc(Nc2cccc3c2C(=O)N(C)CC3)c(Cl)cn1. The van der Waals surface area contributed by atoms with Gasteiger partial charge in [0.05, 0.1) is 52.7 Å². The van der Waals surface area contributed by atoms with Crippen LogP contribution < -0.4 is 10.6 Å². The molecule has 0 atom stereocenters. The number of likely N-dealkylation sites (N-methyl/N-ethyl adjacent to an activating group) is 1. The minimum Gasteiger partial charge on any atom is -0.394 e. The Balaban J connectivity index is 1.62. The molecule has 0 bridgehead atoms. The molecule has 0 saturated heterocycles. The fraction of sp³-hybridized carbons (Fsp3) is 0.286. The monoisotopic (exact) mass is 426 g/mol. The zero-order valence-electron chi connectivity index (χ0n) is 16.8. The maximum Gasteiger partial charge on any atom is 0.255 e. The summed E-state index contributed by atoms with van der Waals surface area (Å²) in [5.41, 5.74) is 4.64. The highest BCUT2D eigenvalue weighted by molar-refractivity contribution is 6.33. The molecule has 8 nitrogen and oxygen atoms in total. The Bertz CT molecular complexity index is 1100. The van der Waals surface area contributed by atoms with E-state index in [-0.39, 0.29) is 12.5 Å². The van der Waals surface area contributed by atoms with Gasteiger partial charge in [-0.1, -0.05) is 23.7 Å². The molecule has 3 aromatic rings. The molecular weight excluding hydrogens is 404 g/mol. The van der Waals surface area contributed by atoms with Gasteiger partial charge in [-0.2, -0.15) is 5.10 Å². The highest BCUT2D eigenvalue weighted by Gasteiger charge is 2.24. The Hall–Kier alpha value is -3.10. The first-order valence-corrected chi connectivity index (χ1v) is 10.1. The molecule has 9 heteroatoms. The largest absolute Gasteiger partial charge is 0.394 e. The molecule has 0 aliphatic carbocycles. The van der Waals surface area contributed by atoms with Crippen LogP contribution in [0.2, 0.25) is 5.02 Å². The van der Waals surface area contributed by atoms with Crippen LogP contribution in [0.3, 0.4) is 0 Å². The number of aliphatic hydroxyl groups is 1. The average molecular weight is 427 g/mol. The van der Waals surface area contributed by atoms with Crippen molar-refractivity contribution in [3.63, 3.8) is 0 Å². The number of nitrogens with zero attached hydrogens (tertiary/aromatic N) is 4. The van der Waals surface area contributed by atoms with E-state index < -0.39 is 0 Å². The first kappa shape index (κ1) is 20.2. The molecule has 3 N–H and O–H groups in total. The molecule has 30 heavy (non-hydrogen) atoms. The maximum atomic E-state index is 12.7. The number of halogens is 1. The van der Waals surface area contributed by atoms with Gasteiger partial charge in [0.2, 0.25) is 0 Å². The minimum atomic E-state index is -0.00482. The molecule has 0 spiro atoms. The van der Waals surface area contributed by atoms with Crippen molar-refractivity contribution in [3.8, 4) is 0 Å². The van der Waals surface area contributed by atoms with Crippen LogP contribution in [0.5, 0.6) is 0 Å². The summed E-state index contributed by atoms with van der Waals surface area (Å²) < 4.78 is 1.67. The summed E-state index contributed by atoms with van der Waals surface area (Å²) in [6.45, 7) is 3.03. The lowest BCUT2D eigenvalue weighted by molar-refractivity contribution is 0.0782. The van der Waals surface area contributed by atoms with Crippen LogP contribution in [-0.2, 0) is 13.0 Å². The number of aryl methyl sites for hydroxylation is 1. The van der Waals surface area contributed by atoms with E-state index in [1.165, 1.54) is 0 Å². The molecule has 1 aliphatic heterocycles. The predicted octanol–water partition coefficient (Wildman–Crippen LogP) is 3.35. The van der Waals surface area contributed by atoms with E-state index >= 15 is 0 Å². The molecule has 1 aliphatic rings. The van der Waals surface area contributed by atoms with Gasteiger partial charge < -0.3 is 20.6 Å². The number of hydrogen-bond acceptors (Lipinski definition) is 6. The standard InChI is InChI=1S/C21H23ClN6O2/c1-13-18(12-28(26-13)8-9-29)25-19-10-17(15(22)11-23-19)24-16-5-3-4-14-6-7-27(2)21(30)20(14)16/h3-5,10-12,29H,6-9H2,1-2H3,(H2,23,24,25). The Kier molecular flexibility index (Phi) is 5.61. The lowest BCUT2D eigenvalue weighted by Crippen LogP contribution is -2.34. The summed E-state index contributed by atoms with van der Waals surface area (Å²) in [6, 6.07) is 7.59. The molecule has 3 heterocycles. The highest BCUT2D eigenvalue weighted by atomic mass is 35.5. The number of aromatic nitrogens is 3. The number of carbonyl (C=O) groups excluding carboxylic acids is 1. The number of anilines is 4. The minimum absolute atomic E-state index is 0.00482. The van der Waals surface area contributed by atoms with Crippen molar-refractivity contribution in [2.45, 2.75) is 19.9 Å². The number of hydrogen-bond donors (Lipinski definition) is 3. The second-order valence-corrected chi connectivity index (χ2v) is 7.64. The molecule has 156 valence electrons. The summed E-state index contributed by atoms with van der Waals surface area (Å²) in [5, 5.41) is 20.4. The van der Waals surface area contributed by atoms with Gasteiger partial charge in [0.15, 0.2) is 0 Å². The third kappa shape index (κ3) is 3.96. The van der Waals surface area contributed by atoms with Crippen LogP contribution in [0.1, 0.15) is 21.6 Å². The van der Waals surface area contributed by atoms with E-state index in [2.05, 4.69) is 20.7 Å². The second kappa shape index (κ2) is 8.33. The molecule has 0 unspecified atom stereocenters. The van der Waals surface area contributed by atoms with Gasteiger partial charge in [-0.3, -0.25) is 9.48 Å². The molecule has 1 amide bonds. The average Bonchev–Trinajstić information content (AvgIpc) is 3.06. The third-order valence-corrected chi connectivity index (χ3v) is 5.39. The number of nitrogens with one attached hydrogen (secondary N) is 2. The normalized spacial score (nSPS) is 13.3. The first-order valence-electron chi connectivity index (χ1n) is 9.68. The summed E-state index contributed by atoms with van der Waals surface area (Å²) >= 11 is 6.38. The van der Waals surface area contributed by atoms with Crippen molar-refractivity contribution in [1.29, 1.82) is 0 Å². The number of rotatable bonds is 6. The number of pyridine rings is 1. The van der Waals surface area contributed by atoms with E-state index in [1.54, 1.807) is 21.8 Å². The van der Waals surface area contributed by atoms with Crippen LogP contribution >= 0.6 is 11.6 Å². The Labute approximate surface area is 179 Å². The number of carbonyl (C=O) groups is 1. The van der Waals surface area contributed by atoms with Gasteiger partial charge in [-0.15, -0.1) is 0 Å². The number of benzene rings is 1. The van der Waals surface area contributed by atoms with E-state index in [1.807, 2.05) is 38.4 Å². The van der Waals surface area contributed by atoms with E-state index in [0.717, 1.165) is 29.1 Å². The molecule has 1 aromatic carbocycles. The van der Waals surface area contributed by atoms with Crippen molar-refractivity contribution >= 4 is 40.4 Å². The van der Waals surface area contributed by atoms with E-state index in [0.29, 0.717) is 35.2 Å². The first-order chi connectivity index (χ1) is 14.5. The summed E-state index contributed by atoms with van der Waals surface area (Å²) in [6.07, 6.45) is 4.20. The van der Waals surface area contributed by atoms with Crippen molar-refractivity contribution in [3.05, 3.63) is 58.5 Å².